The minimum Gasteiger partial charge on any atom is -0.493 e. The second kappa shape index (κ2) is 8.00. The van der Waals surface area contributed by atoms with Crippen molar-refractivity contribution in [3.05, 3.63) is 45.1 Å². The quantitative estimate of drug-likeness (QED) is 0.818. The van der Waals surface area contributed by atoms with Gasteiger partial charge in [-0.1, -0.05) is 6.92 Å². The highest BCUT2D eigenvalue weighted by Gasteiger charge is 2.35. The van der Waals surface area contributed by atoms with E-state index in [0.717, 1.165) is 23.1 Å². The van der Waals surface area contributed by atoms with Crippen molar-refractivity contribution >= 4 is 23.2 Å². The number of ether oxygens (including phenoxy) is 2. The normalized spacial score (nSPS) is 16.0. The number of methoxy groups -OCH3 is 2. The van der Waals surface area contributed by atoms with Gasteiger partial charge in [0.05, 0.1) is 31.6 Å². The molecular formula is C20H23NO5S. The maximum atomic E-state index is 13.2. The van der Waals surface area contributed by atoms with Crippen LogP contribution in [0, 0.1) is 0 Å². The summed E-state index contributed by atoms with van der Waals surface area (Å²) in [6, 6.07) is 5.10. The molecular weight excluding hydrogens is 366 g/mol. The number of thiophene rings is 1. The first kappa shape index (κ1) is 19.2. The summed E-state index contributed by atoms with van der Waals surface area (Å²) >= 11 is 1.41. The van der Waals surface area contributed by atoms with Crippen LogP contribution < -0.4 is 9.47 Å². The number of aliphatic carboxylic acids is 1. The van der Waals surface area contributed by atoms with Crippen molar-refractivity contribution in [2.75, 3.05) is 20.8 Å². The number of amides is 1. The molecule has 1 aromatic heterocycles. The van der Waals surface area contributed by atoms with Crippen LogP contribution in [0.2, 0.25) is 0 Å². The van der Waals surface area contributed by atoms with Crippen LogP contribution in [-0.2, 0) is 17.6 Å². The number of rotatable bonds is 6. The minimum atomic E-state index is -0.942. The highest BCUT2D eigenvalue weighted by Crippen LogP contribution is 2.40. The predicted octanol–water partition coefficient (Wildman–Crippen LogP) is 3.54. The molecule has 1 aliphatic rings. The zero-order valence-corrected chi connectivity index (χ0v) is 16.5. The van der Waals surface area contributed by atoms with Gasteiger partial charge in [-0.3, -0.25) is 9.59 Å². The van der Waals surface area contributed by atoms with Gasteiger partial charge in [0.2, 0.25) is 0 Å². The van der Waals surface area contributed by atoms with Crippen LogP contribution in [-0.4, -0.2) is 42.6 Å². The molecule has 2 aromatic rings. The number of carboxylic acids is 1. The lowest BCUT2D eigenvalue weighted by atomic mass is 9.89. The monoisotopic (exact) mass is 389 g/mol. The third kappa shape index (κ3) is 3.64. The van der Waals surface area contributed by atoms with Gasteiger partial charge in [0.1, 0.15) is 0 Å². The summed E-state index contributed by atoms with van der Waals surface area (Å²) in [6.45, 7) is 2.48. The molecule has 7 heteroatoms. The van der Waals surface area contributed by atoms with E-state index < -0.39 is 12.0 Å². The molecule has 1 unspecified atom stereocenters. The second-order valence-electron chi connectivity index (χ2n) is 6.40. The summed E-state index contributed by atoms with van der Waals surface area (Å²) in [6.07, 6.45) is 1.26. The maximum absolute atomic E-state index is 13.2. The minimum absolute atomic E-state index is 0.103. The van der Waals surface area contributed by atoms with Crippen molar-refractivity contribution in [1.82, 2.24) is 4.90 Å². The molecule has 27 heavy (non-hydrogen) atoms. The zero-order valence-electron chi connectivity index (χ0n) is 15.7. The van der Waals surface area contributed by atoms with Gasteiger partial charge < -0.3 is 19.5 Å². The molecule has 1 amide bonds. The average molecular weight is 389 g/mol. The maximum Gasteiger partial charge on any atom is 0.305 e. The molecule has 0 fully saturated rings. The van der Waals surface area contributed by atoms with Crippen LogP contribution in [0.5, 0.6) is 11.5 Å². The van der Waals surface area contributed by atoms with E-state index in [1.807, 2.05) is 24.4 Å². The Morgan fingerprint density at radius 1 is 1.26 bits per heavy atom. The van der Waals surface area contributed by atoms with Crippen LogP contribution in [0.1, 0.15) is 45.7 Å². The van der Waals surface area contributed by atoms with E-state index in [1.165, 1.54) is 11.3 Å². The van der Waals surface area contributed by atoms with Crippen LogP contribution in [0.15, 0.2) is 23.6 Å². The molecule has 0 bridgehead atoms. The van der Waals surface area contributed by atoms with E-state index in [-0.39, 0.29) is 12.3 Å². The van der Waals surface area contributed by atoms with Gasteiger partial charge in [0, 0.05) is 6.54 Å². The number of nitrogens with zero attached hydrogens (tertiary/aromatic N) is 1. The van der Waals surface area contributed by atoms with Crippen molar-refractivity contribution in [2.45, 2.75) is 32.2 Å². The first-order valence-electron chi connectivity index (χ1n) is 8.84. The number of carbonyl (C=O) groups excluding carboxylic acids is 1. The molecule has 0 saturated heterocycles. The van der Waals surface area contributed by atoms with Crippen molar-refractivity contribution in [3.63, 3.8) is 0 Å². The molecule has 0 saturated carbocycles. The fourth-order valence-corrected chi connectivity index (χ4v) is 4.54. The van der Waals surface area contributed by atoms with Crippen LogP contribution in [0.3, 0.4) is 0 Å². The Kier molecular flexibility index (Phi) is 5.70. The van der Waals surface area contributed by atoms with E-state index in [9.17, 15) is 14.7 Å². The lowest BCUT2D eigenvalue weighted by molar-refractivity contribution is -0.138. The van der Waals surface area contributed by atoms with Gasteiger partial charge in [-0.2, -0.15) is 0 Å². The zero-order chi connectivity index (χ0) is 19.6. The Morgan fingerprint density at radius 2 is 1.96 bits per heavy atom. The first-order chi connectivity index (χ1) is 13.0. The van der Waals surface area contributed by atoms with Gasteiger partial charge in [0.15, 0.2) is 11.5 Å². The van der Waals surface area contributed by atoms with E-state index in [1.54, 1.807) is 25.2 Å². The molecule has 2 heterocycles. The van der Waals surface area contributed by atoms with Gasteiger partial charge in [-0.25, -0.2) is 0 Å². The van der Waals surface area contributed by atoms with Crippen molar-refractivity contribution in [1.29, 1.82) is 0 Å². The summed E-state index contributed by atoms with van der Waals surface area (Å²) in [4.78, 5) is 27.1. The van der Waals surface area contributed by atoms with Crippen molar-refractivity contribution in [3.8, 4) is 11.5 Å². The van der Waals surface area contributed by atoms with Crippen LogP contribution in [0.4, 0.5) is 0 Å². The van der Waals surface area contributed by atoms with Gasteiger partial charge >= 0.3 is 5.97 Å². The molecule has 1 aliphatic heterocycles. The Bertz CT molecular complexity index is 860. The third-order valence-corrected chi connectivity index (χ3v) is 5.90. The molecule has 6 nitrogen and oxygen atoms in total. The van der Waals surface area contributed by atoms with Gasteiger partial charge in [-0.05, 0) is 53.1 Å². The predicted molar refractivity (Wildman–Crippen MR) is 103 cm³/mol. The summed E-state index contributed by atoms with van der Waals surface area (Å²) in [5.74, 6) is 0.0961. The molecule has 144 valence electrons. The lowest BCUT2D eigenvalue weighted by Crippen LogP contribution is -2.41. The molecule has 0 radical (unpaired) electrons. The SMILES string of the molecule is CCc1ccsc1C(=O)N1CCc2cc(OC)c(OC)cc2C1CC(=O)O. The Morgan fingerprint density at radius 3 is 2.59 bits per heavy atom. The molecule has 1 aromatic carbocycles. The fourth-order valence-electron chi connectivity index (χ4n) is 3.59. The number of fused-ring (bicyclic) bond motifs is 1. The summed E-state index contributed by atoms with van der Waals surface area (Å²) in [5.41, 5.74) is 2.80. The molecule has 1 atom stereocenters. The van der Waals surface area contributed by atoms with E-state index in [0.29, 0.717) is 29.3 Å². The second-order valence-corrected chi connectivity index (χ2v) is 7.31. The standard InChI is InChI=1S/C20H23NO5S/c1-4-12-6-8-27-19(12)20(24)21-7-5-13-9-16(25-2)17(26-3)10-14(13)15(21)11-18(22)23/h6,8-10,15H,4-5,7,11H2,1-3H3,(H,22,23). The van der Waals surface area contributed by atoms with Crippen molar-refractivity contribution in [2.24, 2.45) is 0 Å². The third-order valence-electron chi connectivity index (χ3n) is 4.95. The fraction of sp³-hybridized carbons (Fsp3) is 0.400. The molecule has 1 N–H and O–H groups in total. The topological polar surface area (TPSA) is 76.1 Å². The Hall–Kier alpha value is -2.54. The van der Waals surface area contributed by atoms with E-state index in [2.05, 4.69) is 0 Å². The number of benzene rings is 1. The number of aryl methyl sites for hydroxylation is 1. The van der Waals surface area contributed by atoms with Crippen LogP contribution >= 0.6 is 11.3 Å². The van der Waals surface area contributed by atoms with Gasteiger partial charge in [-0.15, -0.1) is 11.3 Å². The molecule has 0 aliphatic carbocycles. The average Bonchev–Trinajstić information content (AvgIpc) is 3.15. The largest absolute Gasteiger partial charge is 0.493 e. The van der Waals surface area contributed by atoms with E-state index >= 15 is 0 Å². The first-order valence-corrected chi connectivity index (χ1v) is 9.72. The lowest BCUT2D eigenvalue weighted by Gasteiger charge is -2.37. The summed E-state index contributed by atoms with van der Waals surface area (Å²) in [7, 11) is 3.11. The number of carboxylic acid groups (broad SMARTS) is 1. The Labute approximate surface area is 162 Å². The highest BCUT2D eigenvalue weighted by atomic mass is 32.1. The number of carbonyl (C=O) groups is 2. The summed E-state index contributed by atoms with van der Waals surface area (Å²) in [5, 5.41) is 11.4. The van der Waals surface area contributed by atoms with Crippen molar-refractivity contribution < 1.29 is 24.2 Å². The summed E-state index contributed by atoms with van der Waals surface area (Å²) < 4.78 is 10.7. The number of hydrogen-bond donors (Lipinski definition) is 1. The molecule has 0 spiro atoms. The van der Waals surface area contributed by atoms with Crippen LogP contribution in [0.25, 0.3) is 0 Å². The van der Waals surface area contributed by atoms with E-state index in [4.69, 9.17) is 9.47 Å². The van der Waals surface area contributed by atoms with Gasteiger partial charge in [0.25, 0.3) is 5.91 Å². The Balaban J connectivity index is 2.04. The number of hydrogen-bond acceptors (Lipinski definition) is 5. The molecule has 3 rings (SSSR count). The highest BCUT2D eigenvalue weighted by molar-refractivity contribution is 7.12. The smallest absolute Gasteiger partial charge is 0.305 e.